The van der Waals surface area contributed by atoms with E-state index in [-0.39, 0.29) is 12.5 Å². The Morgan fingerprint density at radius 3 is 1.61 bits per heavy atom. The van der Waals surface area contributed by atoms with Crippen LogP contribution in [0.4, 0.5) is 0 Å². The number of hydrogen-bond donors (Lipinski definition) is 4. The van der Waals surface area contributed by atoms with Crippen LogP contribution in [-0.4, -0.2) is 35.5 Å². The van der Waals surface area contributed by atoms with Crippen molar-refractivity contribution in [2.75, 3.05) is 13.1 Å². The summed E-state index contributed by atoms with van der Waals surface area (Å²) in [7, 11) is 0. The highest BCUT2D eigenvalue weighted by atomic mass is 16.5. The lowest BCUT2D eigenvalue weighted by Crippen LogP contribution is -2.25. The highest BCUT2D eigenvalue weighted by Gasteiger charge is 1.95. The largest absolute Gasteiger partial charge is 0.370 e. The SMILES string of the molecule is CCCCCCCCCCCCCC(N)=O.CCNCC(O)O. The zero-order chi connectivity index (χ0) is 17.8. The molecule has 0 aromatic heterocycles. The molecule has 0 aliphatic rings. The summed E-state index contributed by atoms with van der Waals surface area (Å²) < 4.78 is 0. The lowest BCUT2D eigenvalue weighted by molar-refractivity contribution is -0.118. The highest BCUT2D eigenvalue weighted by Crippen LogP contribution is 2.11. The average Bonchev–Trinajstić information content (AvgIpc) is 2.51. The summed E-state index contributed by atoms with van der Waals surface area (Å²) in [5.41, 5.74) is 5.07. The van der Waals surface area contributed by atoms with Crippen molar-refractivity contribution in [3.8, 4) is 0 Å². The molecule has 140 valence electrons. The number of likely N-dealkylation sites (N-methyl/N-ethyl adjacent to an activating group) is 1. The summed E-state index contributed by atoms with van der Waals surface area (Å²) in [5, 5.41) is 19.1. The van der Waals surface area contributed by atoms with Crippen molar-refractivity contribution in [3.05, 3.63) is 0 Å². The molecule has 0 atom stereocenters. The minimum Gasteiger partial charge on any atom is -0.370 e. The van der Waals surface area contributed by atoms with Crippen molar-refractivity contribution in [2.45, 2.75) is 97.2 Å². The predicted molar refractivity (Wildman–Crippen MR) is 97.0 cm³/mol. The van der Waals surface area contributed by atoms with E-state index in [4.69, 9.17) is 15.9 Å². The maximum atomic E-state index is 10.5. The molecule has 0 aromatic carbocycles. The molecule has 0 unspecified atom stereocenters. The molecule has 5 nitrogen and oxygen atoms in total. The van der Waals surface area contributed by atoms with Gasteiger partial charge in [-0.2, -0.15) is 0 Å². The molecule has 0 aliphatic carbocycles. The number of carbonyl (C=O) groups is 1. The zero-order valence-corrected chi connectivity index (χ0v) is 15.4. The second kappa shape index (κ2) is 21.4. The highest BCUT2D eigenvalue weighted by molar-refractivity contribution is 5.73. The maximum absolute atomic E-state index is 10.5. The van der Waals surface area contributed by atoms with E-state index in [9.17, 15) is 4.79 Å². The van der Waals surface area contributed by atoms with Gasteiger partial charge in [-0.3, -0.25) is 4.79 Å². The number of amides is 1. The summed E-state index contributed by atoms with van der Waals surface area (Å²) in [6.45, 7) is 5.20. The van der Waals surface area contributed by atoms with Crippen LogP contribution < -0.4 is 11.1 Å². The Labute approximate surface area is 143 Å². The van der Waals surface area contributed by atoms with Gasteiger partial charge in [0.05, 0.1) is 0 Å². The Hall–Kier alpha value is -0.650. The van der Waals surface area contributed by atoms with Crippen LogP contribution >= 0.6 is 0 Å². The number of unbranched alkanes of at least 4 members (excludes halogenated alkanes) is 10. The van der Waals surface area contributed by atoms with Gasteiger partial charge in [-0.25, -0.2) is 0 Å². The number of hydrogen-bond acceptors (Lipinski definition) is 4. The topological polar surface area (TPSA) is 95.6 Å². The third-order valence-electron chi connectivity index (χ3n) is 3.60. The van der Waals surface area contributed by atoms with Gasteiger partial charge in [0, 0.05) is 13.0 Å². The molecule has 0 bridgehead atoms. The van der Waals surface area contributed by atoms with Crippen LogP contribution in [0, 0.1) is 0 Å². The molecule has 0 fully saturated rings. The Morgan fingerprint density at radius 2 is 1.30 bits per heavy atom. The van der Waals surface area contributed by atoms with Gasteiger partial charge in [-0.1, -0.05) is 78.1 Å². The first-order valence-electron chi connectivity index (χ1n) is 9.39. The molecule has 0 aromatic rings. The summed E-state index contributed by atoms with van der Waals surface area (Å²) in [6.07, 6.45) is 13.8. The van der Waals surface area contributed by atoms with Gasteiger partial charge in [0.1, 0.15) is 0 Å². The molecule has 0 radical (unpaired) electrons. The van der Waals surface area contributed by atoms with Gasteiger partial charge in [0.25, 0.3) is 0 Å². The van der Waals surface area contributed by atoms with Gasteiger partial charge in [-0.15, -0.1) is 0 Å². The van der Waals surface area contributed by atoms with Crippen molar-refractivity contribution in [1.82, 2.24) is 5.32 Å². The number of nitrogens with two attached hydrogens (primary N) is 1. The van der Waals surface area contributed by atoms with Crippen LogP contribution in [0.5, 0.6) is 0 Å². The van der Waals surface area contributed by atoms with Gasteiger partial charge in [0.15, 0.2) is 6.29 Å². The fourth-order valence-electron chi connectivity index (χ4n) is 2.24. The van der Waals surface area contributed by atoms with E-state index >= 15 is 0 Å². The third kappa shape index (κ3) is 29.9. The molecule has 5 N–H and O–H groups in total. The third-order valence-corrected chi connectivity index (χ3v) is 3.60. The first-order chi connectivity index (χ1) is 11.0. The molecule has 5 heteroatoms. The molecule has 0 saturated carbocycles. The normalized spacial score (nSPS) is 10.5. The van der Waals surface area contributed by atoms with E-state index in [1.54, 1.807) is 0 Å². The standard InChI is InChI=1S/C14H29NO.C4H11NO2/c1-2-3-4-5-6-7-8-9-10-11-12-13-14(15)16;1-2-5-3-4(6)7/h2-13H2,1H3,(H2,15,16);4-7H,2-3H2,1H3. The lowest BCUT2D eigenvalue weighted by atomic mass is 10.1. The van der Waals surface area contributed by atoms with Crippen LogP contribution in [-0.2, 0) is 4.79 Å². The maximum Gasteiger partial charge on any atom is 0.217 e. The van der Waals surface area contributed by atoms with Crippen LogP contribution in [0.25, 0.3) is 0 Å². The van der Waals surface area contributed by atoms with Gasteiger partial charge in [-0.05, 0) is 13.0 Å². The number of nitrogens with one attached hydrogen (secondary N) is 1. The minimum atomic E-state index is -1.21. The number of aliphatic hydroxyl groups is 2. The second-order valence-corrected chi connectivity index (χ2v) is 6.04. The minimum absolute atomic E-state index is 0.157. The van der Waals surface area contributed by atoms with Crippen LogP contribution in [0.2, 0.25) is 0 Å². The van der Waals surface area contributed by atoms with Crippen LogP contribution in [0.3, 0.4) is 0 Å². The molecular formula is C18H40N2O3. The van der Waals surface area contributed by atoms with Crippen LogP contribution in [0.15, 0.2) is 0 Å². The monoisotopic (exact) mass is 332 g/mol. The second-order valence-electron chi connectivity index (χ2n) is 6.04. The van der Waals surface area contributed by atoms with E-state index in [2.05, 4.69) is 12.2 Å². The van der Waals surface area contributed by atoms with Crippen LogP contribution in [0.1, 0.15) is 90.9 Å². The average molecular weight is 333 g/mol. The Kier molecular flexibility index (Phi) is 22.8. The predicted octanol–water partition coefficient (Wildman–Crippen LogP) is 3.08. The number of aliphatic hydroxyl groups excluding tert-OH is 1. The van der Waals surface area contributed by atoms with Gasteiger partial charge < -0.3 is 21.3 Å². The van der Waals surface area contributed by atoms with Crippen molar-refractivity contribution in [2.24, 2.45) is 5.73 Å². The van der Waals surface area contributed by atoms with Crippen molar-refractivity contribution in [1.29, 1.82) is 0 Å². The van der Waals surface area contributed by atoms with E-state index in [0.29, 0.717) is 6.42 Å². The fourth-order valence-corrected chi connectivity index (χ4v) is 2.24. The molecule has 0 rings (SSSR count). The Morgan fingerprint density at radius 1 is 0.870 bits per heavy atom. The van der Waals surface area contributed by atoms with E-state index in [1.165, 1.54) is 64.2 Å². The van der Waals surface area contributed by atoms with Crippen molar-refractivity contribution < 1.29 is 15.0 Å². The van der Waals surface area contributed by atoms with E-state index in [1.807, 2.05) is 6.92 Å². The first-order valence-corrected chi connectivity index (χ1v) is 9.39. The summed E-state index contributed by atoms with van der Waals surface area (Å²) >= 11 is 0. The molecule has 0 aliphatic heterocycles. The summed E-state index contributed by atoms with van der Waals surface area (Å²) in [4.78, 5) is 10.5. The molecule has 0 heterocycles. The molecule has 1 amide bonds. The number of carbonyl (C=O) groups excluding carboxylic acids is 1. The van der Waals surface area contributed by atoms with E-state index < -0.39 is 6.29 Å². The van der Waals surface area contributed by atoms with Crippen molar-refractivity contribution in [3.63, 3.8) is 0 Å². The van der Waals surface area contributed by atoms with Gasteiger partial charge in [0.2, 0.25) is 5.91 Å². The van der Waals surface area contributed by atoms with Gasteiger partial charge >= 0.3 is 0 Å². The fraction of sp³-hybridized carbons (Fsp3) is 0.944. The quantitative estimate of drug-likeness (QED) is 0.274. The van der Waals surface area contributed by atoms with Crippen molar-refractivity contribution >= 4 is 5.91 Å². The molecule has 0 saturated heterocycles. The zero-order valence-electron chi connectivity index (χ0n) is 15.4. The Balaban J connectivity index is 0. The number of primary amides is 1. The first kappa shape index (κ1) is 24.6. The van der Waals surface area contributed by atoms with E-state index in [0.717, 1.165) is 13.0 Å². The number of rotatable bonds is 15. The molecule has 0 spiro atoms. The molecular weight excluding hydrogens is 292 g/mol. The molecule has 23 heavy (non-hydrogen) atoms. The lowest BCUT2D eigenvalue weighted by Gasteiger charge is -2.01. The smallest absolute Gasteiger partial charge is 0.217 e. The Bertz CT molecular complexity index is 236. The summed E-state index contributed by atoms with van der Waals surface area (Å²) in [5.74, 6) is -0.157. The summed E-state index contributed by atoms with van der Waals surface area (Å²) in [6, 6.07) is 0.